The highest BCUT2D eigenvalue weighted by Crippen LogP contribution is 2.27. The minimum Gasteiger partial charge on any atom is -0.324 e. The van der Waals surface area contributed by atoms with Crippen molar-refractivity contribution in [2.45, 2.75) is 12.3 Å². The predicted molar refractivity (Wildman–Crippen MR) is 119 cm³/mol. The van der Waals surface area contributed by atoms with E-state index < -0.39 is 9.84 Å². The minimum atomic E-state index is -3.30. The Morgan fingerprint density at radius 1 is 0.933 bits per heavy atom. The lowest BCUT2D eigenvalue weighted by atomic mass is 10.0. The van der Waals surface area contributed by atoms with Crippen LogP contribution in [0.2, 0.25) is 0 Å². The number of carbonyl (C=O) groups excluding carboxylic acids is 1. The molecule has 3 aromatic carbocycles. The maximum Gasteiger partial charge on any atom is 0.244 e. The van der Waals surface area contributed by atoms with Crippen LogP contribution < -0.4 is 5.32 Å². The van der Waals surface area contributed by atoms with Crippen LogP contribution in [-0.2, 0) is 26.9 Å². The Bertz CT molecular complexity index is 1310. The van der Waals surface area contributed by atoms with Crippen LogP contribution in [0.1, 0.15) is 5.82 Å². The summed E-state index contributed by atoms with van der Waals surface area (Å²) >= 11 is 0. The Kier molecular flexibility index (Phi) is 5.37. The highest BCUT2D eigenvalue weighted by molar-refractivity contribution is 7.89. The third-order valence-corrected chi connectivity index (χ3v) is 5.50. The minimum absolute atomic E-state index is 0.0332. The van der Waals surface area contributed by atoms with E-state index in [0.717, 1.165) is 22.9 Å². The molecule has 6 nitrogen and oxygen atoms in total. The average Bonchev–Trinajstić information content (AvgIpc) is 3.04. The average molecular weight is 420 g/mol. The van der Waals surface area contributed by atoms with E-state index in [-0.39, 0.29) is 18.2 Å². The molecule has 0 saturated carbocycles. The monoisotopic (exact) mass is 419 g/mol. The molecule has 1 heterocycles. The molecule has 0 spiro atoms. The van der Waals surface area contributed by atoms with Gasteiger partial charge in [0.05, 0.1) is 11.0 Å². The first-order chi connectivity index (χ1) is 14.4. The van der Waals surface area contributed by atoms with Gasteiger partial charge < -0.3 is 9.88 Å². The first-order valence-corrected chi connectivity index (χ1v) is 11.5. The van der Waals surface area contributed by atoms with Gasteiger partial charge in [0, 0.05) is 17.5 Å². The number of amides is 1. The van der Waals surface area contributed by atoms with Gasteiger partial charge in [-0.25, -0.2) is 13.4 Å². The topological polar surface area (TPSA) is 81.1 Å². The summed E-state index contributed by atoms with van der Waals surface area (Å²) in [5.74, 6) is -0.128. The second-order valence-corrected chi connectivity index (χ2v) is 9.27. The van der Waals surface area contributed by atoms with Gasteiger partial charge in [0.15, 0.2) is 9.84 Å². The van der Waals surface area contributed by atoms with E-state index in [0.29, 0.717) is 17.0 Å². The highest BCUT2D eigenvalue weighted by Gasteiger charge is 2.18. The Balaban J connectivity index is 1.65. The molecule has 1 amide bonds. The van der Waals surface area contributed by atoms with Crippen LogP contribution >= 0.6 is 0 Å². The number of anilines is 1. The largest absolute Gasteiger partial charge is 0.324 e. The maximum absolute atomic E-state index is 12.9. The summed E-state index contributed by atoms with van der Waals surface area (Å²) in [6, 6.07) is 24.7. The van der Waals surface area contributed by atoms with Crippen LogP contribution in [0.25, 0.3) is 22.2 Å². The molecule has 0 radical (unpaired) electrons. The van der Waals surface area contributed by atoms with E-state index in [4.69, 9.17) is 0 Å². The fourth-order valence-electron chi connectivity index (χ4n) is 3.44. The molecule has 0 fully saturated rings. The Labute approximate surface area is 175 Å². The van der Waals surface area contributed by atoms with Crippen molar-refractivity contribution in [1.82, 2.24) is 9.55 Å². The molecule has 1 aromatic heterocycles. The second kappa shape index (κ2) is 8.12. The maximum atomic E-state index is 12.9. The summed E-state index contributed by atoms with van der Waals surface area (Å²) in [6.45, 7) is -0.0332. The third-order valence-electron chi connectivity index (χ3n) is 4.71. The number of hydrogen-bond acceptors (Lipinski definition) is 4. The fourth-order valence-corrected chi connectivity index (χ4v) is 4.13. The number of nitrogens with zero attached hydrogens (tertiary/aromatic N) is 2. The molecule has 0 saturated heterocycles. The standard InChI is InChI=1S/C23H21N3O3S/c1-30(28,29)16-22-24-20-13-7-8-14-21(20)26(22)15-23(27)25-19-12-6-5-11-18(19)17-9-3-2-4-10-17/h2-14H,15-16H2,1H3,(H,25,27). The van der Waals surface area contributed by atoms with E-state index in [1.165, 1.54) is 0 Å². The number of carbonyl (C=O) groups is 1. The van der Waals surface area contributed by atoms with Crippen molar-refractivity contribution in [2.24, 2.45) is 0 Å². The molecule has 0 aliphatic rings. The van der Waals surface area contributed by atoms with Gasteiger partial charge in [0.1, 0.15) is 18.1 Å². The van der Waals surface area contributed by atoms with Crippen LogP contribution in [0.3, 0.4) is 0 Å². The van der Waals surface area contributed by atoms with Crippen molar-refractivity contribution in [1.29, 1.82) is 0 Å². The van der Waals surface area contributed by atoms with E-state index in [2.05, 4.69) is 10.3 Å². The lowest BCUT2D eigenvalue weighted by Gasteiger charge is -2.13. The van der Waals surface area contributed by atoms with Gasteiger partial charge in [-0.1, -0.05) is 60.7 Å². The summed E-state index contributed by atoms with van der Waals surface area (Å²) in [5, 5.41) is 2.97. The summed E-state index contributed by atoms with van der Waals surface area (Å²) in [4.78, 5) is 17.3. The van der Waals surface area contributed by atoms with Gasteiger partial charge in [-0.3, -0.25) is 4.79 Å². The number of rotatable bonds is 6. The van der Waals surface area contributed by atoms with Gasteiger partial charge in [-0.05, 0) is 23.8 Å². The van der Waals surface area contributed by atoms with Gasteiger partial charge in [-0.2, -0.15) is 0 Å². The second-order valence-electron chi connectivity index (χ2n) is 7.13. The number of para-hydroxylation sites is 3. The quantitative estimate of drug-likeness (QED) is 0.514. The van der Waals surface area contributed by atoms with Crippen molar-refractivity contribution >= 4 is 32.5 Å². The van der Waals surface area contributed by atoms with Crippen LogP contribution in [-0.4, -0.2) is 30.1 Å². The zero-order valence-corrected chi connectivity index (χ0v) is 17.3. The van der Waals surface area contributed by atoms with Crippen molar-refractivity contribution in [3.63, 3.8) is 0 Å². The van der Waals surface area contributed by atoms with Crippen molar-refractivity contribution in [3.05, 3.63) is 84.7 Å². The molecule has 4 rings (SSSR count). The third kappa shape index (κ3) is 4.41. The molecule has 30 heavy (non-hydrogen) atoms. The first-order valence-electron chi connectivity index (χ1n) is 9.47. The van der Waals surface area contributed by atoms with E-state index >= 15 is 0 Å². The lowest BCUT2D eigenvalue weighted by Crippen LogP contribution is -2.21. The molecule has 7 heteroatoms. The number of hydrogen-bond donors (Lipinski definition) is 1. The smallest absolute Gasteiger partial charge is 0.244 e. The molecule has 152 valence electrons. The summed E-state index contributed by atoms with van der Waals surface area (Å²) in [7, 11) is -3.30. The Hall–Kier alpha value is -3.45. The van der Waals surface area contributed by atoms with Crippen molar-refractivity contribution in [2.75, 3.05) is 11.6 Å². The number of sulfone groups is 1. The molecule has 4 aromatic rings. The number of imidazole rings is 1. The lowest BCUT2D eigenvalue weighted by molar-refractivity contribution is -0.116. The fraction of sp³-hybridized carbons (Fsp3) is 0.130. The number of fused-ring (bicyclic) bond motifs is 1. The number of nitrogens with one attached hydrogen (secondary N) is 1. The van der Waals surface area contributed by atoms with E-state index in [9.17, 15) is 13.2 Å². The summed E-state index contributed by atoms with van der Waals surface area (Å²) in [6.07, 6.45) is 1.16. The van der Waals surface area contributed by atoms with Crippen LogP contribution in [0, 0.1) is 0 Å². The normalized spacial score (nSPS) is 11.5. The predicted octanol–water partition coefficient (Wildman–Crippen LogP) is 3.89. The first kappa shape index (κ1) is 19.8. The van der Waals surface area contributed by atoms with Crippen molar-refractivity contribution in [3.8, 4) is 11.1 Å². The zero-order chi connectivity index (χ0) is 21.1. The summed E-state index contributed by atoms with van der Waals surface area (Å²) in [5.41, 5.74) is 4.00. The van der Waals surface area contributed by atoms with Gasteiger partial charge in [-0.15, -0.1) is 0 Å². The summed E-state index contributed by atoms with van der Waals surface area (Å²) < 4.78 is 25.4. The Morgan fingerprint density at radius 2 is 1.60 bits per heavy atom. The molecule has 0 atom stereocenters. The van der Waals surface area contributed by atoms with E-state index in [1.807, 2.05) is 72.8 Å². The highest BCUT2D eigenvalue weighted by atomic mass is 32.2. The Morgan fingerprint density at radius 3 is 2.37 bits per heavy atom. The zero-order valence-electron chi connectivity index (χ0n) is 16.4. The van der Waals surface area contributed by atoms with E-state index in [1.54, 1.807) is 10.6 Å². The van der Waals surface area contributed by atoms with Crippen molar-refractivity contribution < 1.29 is 13.2 Å². The molecule has 0 aliphatic heterocycles. The number of aromatic nitrogens is 2. The molecule has 0 bridgehead atoms. The van der Waals surface area contributed by atoms with Gasteiger partial charge in [0.2, 0.25) is 5.91 Å². The SMILES string of the molecule is CS(=O)(=O)Cc1nc2ccccc2n1CC(=O)Nc1ccccc1-c1ccccc1. The van der Waals surface area contributed by atoms with Crippen LogP contribution in [0.5, 0.6) is 0 Å². The molecular formula is C23H21N3O3S. The molecular weight excluding hydrogens is 398 g/mol. The van der Waals surface area contributed by atoms with Gasteiger partial charge in [0.25, 0.3) is 0 Å². The molecule has 0 aliphatic carbocycles. The molecule has 0 unspecified atom stereocenters. The van der Waals surface area contributed by atoms with Crippen LogP contribution in [0.15, 0.2) is 78.9 Å². The number of benzene rings is 3. The van der Waals surface area contributed by atoms with Crippen LogP contribution in [0.4, 0.5) is 5.69 Å². The molecule has 1 N–H and O–H groups in total. The van der Waals surface area contributed by atoms with Gasteiger partial charge >= 0.3 is 0 Å².